The van der Waals surface area contributed by atoms with Crippen LogP contribution < -0.4 is 0 Å². The number of Topliss-reactive ketones (excluding diaryl/α,β-unsaturated/α-hetero) is 1. The summed E-state index contributed by atoms with van der Waals surface area (Å²) in [5.74, 6) is 2.04. The molecule has 0 unspecified atom stereocenters. The normalized spacial score (nSPS) is 11.6. The topological polar surface area (TPSA) is 17.1 Å². The van der Waals surface area contributed by atoms with Crippen molar-refractivity contribution in [2.75, 3.05) is 11.5 Å². The van der Waals surface area contributed by atoms with E-state index in [2.05, 4.69) is 6.92 Å². The van der Waals surface area contributed by atoms with Gasteiger partial charge in [0.2, 0.25) is 0 Å². The molecule has 0 radical (unpaired) electrons. The lowest BCUT2D eigenvalue weighted by Gasteiger charge is -2.15. The Labute approximate surface area is 67.6 Å². The molecule has 0 aliphatic heterocycles. The summed E-state index contributed by atoms with van der Waals surface area (Å²) >= 11 is 1.69. The molecular weight excluding hydrogens is 144 g/mol. The molecule has 0 spiro atoms. The largest absolute Gasteiger partial charge is 0.298 e. The van der Waals surface area contributed by atoms with Crippen LogP contribution in [0.1, 0.15) is 27.7 Å². The summed E-state index contributed by atoms with van der Waals surface area (Å²) in [5.41, 5.74) is -0.151. The average Bonchev–Trinajstić information content (AvgIpc) is 1.80. The van der Waals surface area contributed by atoms with Crippen molar-refractivity contribution >= 4 is 17.5 Å². The number of thioether (sulfide) groups is 1. The van der Waals surface area contributed by atoms with Crippen molar-refractivity contribution in [1.82, 2.24) is 0 Å². The Morgan fingerprint density at radius 3 is 2.20 bits per heavy atom. The molecule has 0 heterocycles. The molecule has 1 nitrogen and oxygen atoms in total. The van der Waals surface area contributed by atoms with Crippen LogP contribution in [0.2, 0.25) is 0 Å². The Bertz CT molecular complexity index is 113. The van der Waals surface area contributed by atoms with Gasteiger partial charge >= 0.3 is 0 Å². The molecule has 0 rings (SSSR count). The summed E-state index contributed by atoms with van der Waals surface area (Å²) < 4.78 is 0. The molecule has 0 saturated carbocycles. The van der Waals surface area contributed by atoms with Gasteiger partial charge in [0.15, 0.2) is 0 Å². The van der Waals surface area contributed by atoms with Crippen LogP contribution in [0.3, 0.4) is 0 Å². The van der Waals surface area contributed by atoms with Gasteiger partial charge in [0.1, 0.15) is 5.78 Å². The highest BCUT2D eigenvalue weighted by atomic mass is 32.2. The number of carbonyl (C=O) groups excluding carboxylic acids is 1. The molecule has 60 valence electrons. The molecule has 0 bridgehead atoms. The van der Waals surface area contributed by atoms with Crippen LogP contribution >= 0.6 is 11.8 Å². The fraction of sp³-hybridized carbons (Fsp3) is 0.875. The Hall–Kier alpha value is 0.0200. The Balaban J connectivity index is 3.64. The van der Waals surface area contributed by atoms with Crippen LogP contribution in [0.5, 0.6) is 0 Å². The van der Waals surface area contributed by atoms with Crippen LogP contribution in [0.25, 0.3) is 0 Å². The summed E-state index contributed by atoms with van der Waals surface area (Å²) in [4.78, 5) is 11.2. The fourth-order valence-corrected chi connectivity index (χ4v) is 1.23. The SMILES string of the molecule is CCSCC(=O)C(C)(C)C. The van der Waals surface area contributed by atoms with Gasteiger partial charge in [0, 0.05) is 5.41 Å². The standard InChI is InChI=1S/C8H16OS/c1-5-10-6-7(9)8(2,3)4/h5-6H2,1-4H3. The van der Waals surface area contributed by atoms with Gasteiger partial charge in [0.25, 0.3) is 0 Å². The Kier molecular flexibility index (Phi) is 4.02. The first-order valence-electron chi connectivity index (χ1n) is 3.59. The summed E-state index contributed by atoms with van der Waals surface area (Å²) in [7, 11) is 0. The lowest BCUT2D eigenvalue weighted by molar-refractivity contribution is -0.123. The second kappa shape index (κ2) is 4.02. The summed E-state index contributed by atoms with van der Waals surface area (Å²) in [6.45, 7) is 7.96. The molecule has 0 aromatic rings. The predicted octanol–water partition coefficient (Wildman–Crippen LogP) is 2.35. The van der Waals surface area contributed by atoms with E-state index in [1.54, 1.807) is 11.8 Å². The van der Waals surface area contributed by atoms with Gasteiger partial charge in [0.05, 0.1) is 5.75 Å². The number of hydrogen-bond acceptors (Lipinski definition) is 2. The van der Waals surface area contributed by atoms with Gasteiger partial charge in [-0.3, -0.25) is 4.79 Å². The molecule has 0 amide bonds. The van der Waals surface area contributed by atoms with Crippen LogP contribution in [-0.4, -0.2) is 17.3 Å². The van der Waals surface area contributed by atoms with Crippen molar-refractivity contribution in [2.24, 2.45) is 5.41 Å². The van der Waals surface area contributed by atoms with Crippen molar-refractivity contribution < 1.29 is 4.79 Å². The van der Waals surface area contributed by atoms with Gasteiger partial charge in [-0.1, -0.05) is 27.7 Å². The summed E-state index contributed by atoms with van der Waals surface area (Å²) in [6, 6.07) is 0. The van der Waals surface area contributed by atoms with E-state index in [1.807, 2.05) is 20.8 Å². The third kappa shape index (κ3) is 3.94. The number of hydrogen-bond donors (Lipinski definition) is 0. The molecule has 0 aromatic carbocycles. The molecule has 0 saturated heterocycles. The number of carbonyl (C=O) groups is 1. The van der Waals surface area contributed by atoms with E-state index in [9.17, 15) is 4.79 Å². The maximum atomic E-state index is 11.2. The van der Waals surface area contributed by atoms with E-state index in [0.717, 1.165) is 5.75 Å². The highest BCUT2D eigenvalue weighted by Crippen LogP contribution is 2.17. The maximum absolute atomic E-state index is 11.2. The van der Waals surface area contributed by atoms with Crippen molar-refractivity contribution in [1.29, 1.82) is 0 Å². The van der Waals surface area contributed by atoms with Crippen LogP contribution in [-0.2, 0) is 4.79 Å². The number of ketones is 1. The number of rotatable bonds is 3. The summed E-state index contributed by atoms with van der Waals surface area (Å²) in [6.07, 6.45) is 0. The van der Waals surface area contributed by atoms with Crippen molar-refractivity contribution in [2.45, 2.75) is 27.7 Å². The summed E-state index contributed by atoms with van der Waals surface area (Å²) in [5, 5.41) is 0. The first-order valence-corrected chi connectivity index (χ1v) is 4.75. The zero-order valence-electron chi connectivity index (χ0n) is 7.23. The molecule has 0 aliphatic rings. The van der Waals surface area contributed by atoms with E-state index in [4.69, 9.17) is 0 Å². The fourth-order valence-electron chi connectivity index (χ4n) is 0.411. The van der Waals surface area contributed by atoms with E-state index in [0.29, 0.717) is 11.5 Å². The highest BCUT2D eigenvalue weighted by Gasteiger charge is 2.19. The quantitative estimate of drug-likeness (QED) is 0.630. The van der Waals surface area contributed by atoms with Gasteiger partial charge in [-0.15, -0.1) is 0 Å². The van der Waals surface area contributed by atoms with Gasteiger partial charge < -0.3 is 0 Å². The zero-order chi connectivity index (χ0) is 8.20. The molecule has 0 aromatic heterocycles. The minimum atomic E-state index is -0.151. The van der Waals surface area contributed by atoms with Gasteiger partial charge in [-0.2, -0.15) is 11.8 Å². The second-order valence-corrected chi connectivity index (χ2v) is 4.58. The minimum Gasteiger partial charge on any atom is -0.298 e. The molecular formula is C8H16OS. The second-order valence-electron chi connectivity index (χ2n) is 3.31. The maximum Gasteiger partial charge on any atom is 0.148 e. The van der Waals surface area contributed by atoms with Crippen LogP contribution in [0, 0.1) is 5.41 Å². The molecule has 2 heteroatoms. The van der Waals surface area contributed by atoms with E-state index < -0.39 is 0 Å². The minimum absolute atomic E-state index is 0.151. The lowest BCUT2D eigenvalue weighted by Crippen LogP contribution is -2.22. The van der Waals surface area contributed by atoms with Crippen molar-refractivity contribution in [3.63, 3.8) is 0 Å². The third-order valence-electron chi connectivity index (χ3n) is 1.27. The highest BCUT2D eigenvalue weighted by molar-refractivity contribution is 7.99. The van der Waals surface area contributed by atoms with E-state index >= 15 is 0 Å². The van der Waals surface area contributed by atoms with Crippen molar-refractivity contribution in [3.8, 4) is 0 Å². The Morgan fingerprint density at radius 1 is 1.40 bits per heavy atom. The third-order valence-corrected chi connectivity index (χ3v) is 2.15. The van der Waals surface area contributed by atoms with E-state index in [1.165, 1.54) is 0 Å². The first-order chi connectivity index (χ1) is 4.48. The molecule has 0 N–H and O–H groups in total. The predicted molar refractivity (Wildman–Crippen MR) is 47.5 cm³/mol. The first kappa shape index (κ1) is 10.0. The van der Waals surface area contributed by atoms with Crippen LogP contribution in [0.4, 0.5) is 0 Å². The molecule has 10 heavy (non-hydrogen) atoms. The van der Waals surface area contributed by atoms with Crippen LogP contribution in [0.15, 0.2) is 0 Å². The smallest absolute Gasteiger partial charge is 0.148 e. The zero-order valence-corrected chi connectivity index (χ0v) is 8.05. The van der Waals surface area contributed by atoms with E-state index in [-0.39, 0.29) is 5.41 Å². The van der Waals surface area contributed by atoms with Crippen molar-refractivity contribution in [3.05, 3.63) is 0 Å². The monoisotopic (exact) mass is 160 g/mol. The average molecular weight is 160 g/mol. The molecule has 0 atom stereocenters. The lowest BCUT2D eigenvalue weighted by atomic mass is 9.92. The van der Waals surface area contributed by atoms with Gasteiger partial charge in [-0.05, 0) is 5.75 Å². The molecule has 0 fully saturated rings. The van der Waals surface area contributed by atoms with Gasteiger partial charge in [-0.25, -0.2) is 0 Å². The Morgan fingerprint density at radius 2 is 1.90 bits per heavy atom. The molecule has 0 aliphatic carbocycles.